The van der Waals surface area contributed by atoms with Crippen LogP contribution in [0.15, 0.2) is 0 Å². The molecule has 0 aliphatic heterocycles. The van der Waals surface area contributed by atoms with Gasteiger partial charge in [0.15, 0.2) is 5.78 Å². The van der Waals surface area contributed by atoms with Crippen molar-refractivity contribution in [3.63, 3.8) is 0 Å². The number of rotatable bonds is 6. The van der Waals surface area contributed by atoms with Gasteiger partial charge in [-0.1, -0.05) is 13.3 Å². The molecule has 2 N–H and O–H groups in total. The third-order valence-electron chi connectivity index (χ3n) is 2.04. The maximum atomic E-state index is 11.6. The highest BCUT2D eigenvalue weighted by Gasteiger charge is 2.22. The maximum absolute atomic E-state index is 11.6. The lowest BCUT2D eigenvalue weighted by molar-refractivity contribution is -0.122. The first kappa shape index (κ1) is 15.9. The summed E-state index contributed by atoms with van der Waals surface area (Å²) in [5.74, 6) is -0.166. The average Bonchev–Trinajstić information content (AvgIpc) is 2.19. The highest BCUT2D eigenvalue weighted by Crippen LogP contribution is 2.07. The van der Waals surface area contributed by atoms with E-state index < -0.39 is 24.3 Å². The number of aliphatic hydroxyl groups excluding tert-OH is 1. The number of carbonyl (C=O) groups excluding carboxylic acids is 2. The molecule has 0 saturated heterocycles. The van der Waals surface area contributed by atoms with Crippen molar-refractivity contribution < 1.29 is 19.4 Å². The number of ketones is 1. The minimum absolute atomic E-state index is 0.166. The molecule has 0 aliphatic carbocycles. The van der Waals surface area contributed by atoms with Gasteiger partial charge in [0, 0.05) is 6.42 Å². The van der Waals surface area contributed by atoms with Gasteiger partial charge in [-0.05, 0) is 27.2 Å². The van der Waals surface area contributed by atoms with Crippen molar-refractivity contribution in [2.24, 2.45) is 0 Å². The van der Waals surface area contributed by atoms with Crippen LogP contribution in [0.25, 0.3) is 0 Å². The van der Waals surface area contributed by atoms with Gasteiger partial charge < -0.3 is 15.2 Å². The quantitative estimate of drug-likeness (QED) is 0.745. The zero-order chi connectivity index (χ0) is 13.5. The van der Waals surface area contributed by atoms with E-state index in [4.69, 9.17) is 9.84 Å². The number of carbonyl (C=O) groups is 2. The highest BCUT2D eigenvalue weighted by molar-refractivity contribution is 5.87. The van der Waals surface area contributed by atoms with E-state index in [1.165, 1.54) is 0 Å². The first-order chi connectivity index (χ1) is 7.80. The van der Waals surface area contributed by atoms with Crippen LogP contribution in [0.1, 0.15) is 47.0 Å². The molecule has 0 rings (SSSR count). The fraction of sp³-hybridized carbons (Fsp3) is 0.833. The number of hydrogen-bond acceptors (Lipinski definition) is 4. The van der Waals surface area contributed by atoms with Crippen molar-refractivity contribution in [2.45, 2.75) is 58.6 Å². The van der Waals surface area contributed by atoms with Crippen LogP contribution in [-0.2, 0) is 9.53 Å². The molecule has 5 nitrogen and oxygen atoms in total. The van der Waals surface area contributed by atoms with Crippen LogP contribution in [-0.4, -0.2) is 35.2 Å². The third kappa shape index (κ3) is 7.74. The van der Waals surface area contributed by atoms with E-state index in [9.17, 15) is 9.59 Å². The largest absolute Gasteiger partial charge is 0.444 e. The molecule has 0 aliphatic rings. The number of amides is 1. The second-order valence-corrected chi connectivity index (χ2v) is 4.95. The Bertz CT molecular complexity index is 258. The molecular formula is C12H23NO4. The SMILES string of the molecule is CCCCC(=O)[C@H](CO)NC(=O)OC(C)(C)C. The van der Waals surface area contributed by atoms with Gasteiger partial charge in [0.1, 0.15) is 11.6 Å². The number of alkyl carbamates (subject to hydrolysis) is 1. The van der Waals surface area contributed by atoms with Crippen LogP contribution >= 0.6 is 0 Å². The van der Waals surface area contributed by atoms with Crippen molar-refractivity contribution in [3.8, 4) is 0 Å². The van der Waals surface area contributed by atoms with Gasteiger partial charge in [-0.3, -0.25) is 4.79 Å². The third-order valence-corrected chi connectivity index (χ3v) is 2.04. The standard InChI is InChI=1S/C12H23NO4/c1-5-6-7-10(15)9(8-14)13-11(16)17-12(2,3)4/h9,14H,5-8H2,1-4H3,(H,13,16)/t9-/m0/s1. The summed E-state index contributed by atoms with van der Waals surface area (Å²) in [4.78, 5) is 23.0. The van der Waals surface area contributed by atoms with Crippen LogP contribution < -0.4 is 5.32 Å². The predicted molar refractivity (Wildman–Crippen MR) is 64.8 cm³/mol. The van der Waals surface area contributed by atoms with Crippen LogP contribution in [0.4, 0.5) is 4.79 Å². The summed E-state index contributed by atoms with van der Waals surface area (Å²) in [5.41, 5.74) is -0.615. The molecule has 100 valence electrons. The molecule has 1 atom stereocenters. The van der Waals surface area contributed by atoms with Gasteiger partial charge in [0.2, 0.25) is 0 Å². The Morgan fingerprint density at radius 3 is 2.35 bits per heavy atom. The van der Waals surface area contributed by atoms with Crippen LogP contribution in [0.2, 0.25) is 0 Å². The summed E-state index contributed by atoms with van der Waals surface area (Å²) >= 11 is 0. The van der Waals surface area contributed by atoms with E-state index in [1.54, 1.807) is 20.8 Å². The first-order valence-corrected chi connectivity index (χ1v) is 5.93. The van der Waals surface area contributed by atoms with E-state index in [0.717, 1.165) is 12.8 Å². The van der Waals surface area contributed by atoms with Crippen LogP contribution in [0.3, 0.4) is 0 Å². The molecule has 1 amide bonds. The Labute approximate surface area is 103 Å². The summed E-state index contributed by atoms with van der Waals surface area (Å²) in [6.45, 7) is 6.78. The second-order valence-electron chi connectivity index (χ2n) is 4.95. The number of Topliss-reactive ketones (excluding diaryl/α,β-unsaturated/α-hetero) is 1. The number of unbranched alkanes of at least 4 members (excludes halogenated alkanes) is 1. The molecule has 0 radical (unpaired) electrons. The monoisotopic (exact) mass is 245 g/mol. The zero-order valence-electron chi connectivity index (χ0n) is 11.1. The predicted octanol–water partition coefficient (Wildman–Crippen LogP) is 1.63. The minimum atomic E-state index is -0.864. The van der Waals surface area contributed by atoms with E-state index in [0.29, 0.717) is 6.42 Å². The van der Waals surface area contributed by atoms with Crippen molar-refractivity contribution in [1.82, 2.24) is 5.32 Å². The average molecular weight is 245 g/mol. The summed E-state index contributed by atoms with van der Waals surface area (Å²) in [6, 6.07) is -0.864. The number of ether oxygens (including phenoxy) is 1. The van der Waals surface area contributed by atoms with Gasteiger partial charge in [-0.25, -0.2) is 4.79 Å². The lowest BCUT2D eigenvalue weighted by Gasteiger charge is -2.22. The van der Waals surface area contributed by atoms with Crippen LogP contribution in [0.5, 0.6) is 0 Å². The maximum Gasteiger partial charge on any atom is 0.408 e. The minimum Gasteiger partial charge on any atom is -0.444 e. The molecule has 0 saturated carbocycles. The van der Waals surface area contributed by atoms with Crippen molar-refractivity contribution in [2.75, 3.05) is 6.61 Å². The lowest BCUT2D eigenvalue weighted by atomic mass is 10.1. The molecule has 0 aromatic carbocycles. The fourth-order valence-electron chi connectivity index (χ4n) is 1.20. The van der Waals surface area contributed by atoms with Gasteiger partial charge in [0.05, 0.1) is 6.61 Å². The number of nitrogens with one attached hydrogen (secondary N) is 1. The molecule has 0 aromatic heterocycles. The van der Waals surface area contributed by atoms with Crippen LogP contribution in [0, 0.1) is 0 Å². The molecule has 0 unspecified atom stereocenters. The summed E-state index contributed by atoms with van der Waals surface area (Å²) in [6.07, 6.45) is 1.33. The van der Waals surface area contributed by atoms with Gasteiger partial charge >= 0.3 is 6.09 Å². The van der Waals surface area contributed by atoms with Crippen molar-refractivity contribution >= 4 is 11.9 Å². The lowest BCUT2D eigenvalue weighted by Crippen LogP contribution is -2.45. The Morgan fingerprint density at radius 2 is 1.94 bits per heavy atom. The van der Waals surface area contributed by atoms with E-state index >= 15 is 0 Å². The summed E-state index contributed by atoms with van der Waals surface area (Å²) < 4.78 is 5.01. The Morgan fingerprint density at radius 1 is 1.35 bits per heavy atom. The second kappa shape index (κ2) is 7.27. The molecule has 0 spiro atoms. The molecule has 0 heterocycles. The highest BCUT2D eigenvalue weighted by atomic mass is 16.6. The van der Waals surface area contributed by atoms with E-state index in [1.807, 2.05) is 6.92 Å². The smallest absolute Gasteiger partial charge is 0.408 e. The Hall–Kier alpha value is -1.10. The number of hydrogen-bond donors (Lipinski definition) is 2. The van der Waals surface area contributed by atoms with E-state index in [2.05, 4.69) is 5.32 Å². The number of aliphatic hydroxyl groups is 1. The molecular weight excluding hydrogens is 222 g/mol. The van der Waals surface area contributed by atoms with Gasteiger partial charge in [-0.15, -0.1) is 0 Å². The molecule has 5 heteroatoms. The van der Waals surface area contributed by atoms with Gasteiger partial charge in [-0.2, -0.15) is 0 Å². The molecule has 0 fully saturated rings. The normalized spacial score (nSPS) is 13.0. The molecule has 0 aromatic rings. The van der Waals surface area contributed by atoms with Gasteiger partial charge in [0.25, 0.3) is 0 Å². The first-order valence-electron chi connectivity index (χ1n) is 5.93. The van der Waals surface area contributed by atoms with E-state index in [-0.39, 0.29) is 5.78 Å². The Balaban J connectivity index is 4.21. The molecule has 17 heavy (non-hydrogen) atoms. The fourth-order valence-corrected chi connectivity index (χ4v) is 1.20. The summed E-state index contributed by atoms with van der Waals surface area (Å²) in [7, 11) is 0. The molecule has 0 bridgehead atoms. The van der Waals surface area contributed by atoms with Crippen molar-refractivity contribution in [3.05, 3.63) is 0 Å². The topological polar surface area (TPSA) is 75.6 Å². The zero-order valence-corrected chi connectivity index (χ0v) is 11.1. The Kier molecular flexibility index (Phi) is 6.80. The summed E-state index contributed by atoms with van der Waals surface area (Å²) in [5, 5.41) is 11.4. The van der Waals surface area contributed by atoms with Crippen molar-refractivity contribution in [1.29, 1.82) is 0 Å².